The second-order valence-electron chi connectivity index (χ2n) is 7.26. The van der Waals surface area contributed by atoms with Crippen molar-refractivity contribution in [1.29, 1.82) is 0 Å². The quantitative estimate of drug-likeness (QED) is 0.573. The molecule has 3 rings (SSSR count). The van der Waals surface area contributed by atoms with Gasteiger partial charge in [0.15, 0.2) is 5.96 Å². The van der Waals surface area contributed by atoms with Crippen molar-refractivity contribution in [3.8, 4) is 0 Å². The summed E-state index contributed by atoms with van der Waals surface area (Å²) >= 11 is 2.03. The van der Waals surface area contributed by atoms with Crippen LogP contribution in [0.2, 0.25) is 0 Å². The second-order valence-corrected chi connectivity index (χ2v) is 8.36. The van der Waals surface area contributed by atoms with Crippen molar-refractivity contribution >= 4 is 17.7 Å². The van der Waals surface area contributed by atoms with Crippen LogP contribution in [0.3, 0.4) is 0 Å². The molecule has 5 nitrogen and oxygen atoms in total. The summed E-state index contributed by atoms with van der Waals surface area (Å²) in [7, 11) is 0. The standard InChI is InChI=1S/C20H31FN4OS/c1-3-22-19(23-13-17-4-5-18(21)16(2)12-17)24-14-20(6-11-27-15-20)25-7-9-26-10-8-25/h4-5,12H,3,6-11,13-15H2,1-2H3,(H2,22,23,24). The first kappa shape index (κ1) is 20.4. The highest BCUT2D eigenvalue weighted by Crippen LogP contribution is 2.33. The maximum absolute atomic E-state index is 13.5. The van der Waals surface area contributed by atoms with E-state index in [2.05, 4.69) is 22.5 Å². The number of hydrogen-bond donors (Lipinski definition) is 2. The zero-order chi connectivity index (χ0) is 19.1. The van der Waals surface area contributed by atoms with Crippen molar-refractivity contribution in [2.45, 2.75) is 32.4 Å². The molecule has 150 valence electrons. The molecule has 1 unspecified atom stereocenters. The van der Waals surface area contributed by atoms with Gasteiger partial charge in [0.1, 0.15) is 5.82 Å². The summed E-state index contributed by atoms with van der Waals surface area (Å²) in [5.74, 6) is 3.01. The van der Waals surface area contributed by atoms with Crippen molar-refractivity contribution in [2.24, 2.45) is 4.99 Å². The fourth-order valence-corrected chi connectivity index (χ4v) is 5.18. The molecule has 2 fully saturated rings. The highest BCUT2D eigenvalue weighted by molar-refractivity contribution is 7.99. The van der Waals surface area contributed by atoms with E-state index in [1.807, 2.05) is 17.8 Å². The first-order valence-electron chi connectivity index (χ1n) is 9.81. The molecule has 0 radical (unpaired) electrons. The lowest BCUT2D eigenvalue weighted by Gasteiger charge is -2.43. The van der Waals surface area contributed by atoms with Crippen LogP contribution in [0.5, 0.6) is 0 Å². The molecule has 2 saturated heterocycles. The second kappa shape index (κ2) is 9.75. The third-order valence-corrected chi connectivity index (χ3v) is 6.57. The Bertz CT molecular complexity index is 643. The van der Waals surface area contributed by atoms with Gasteiger partial charge in [-0.2, -0.15) is 11.8 Å². The third-order valence-electron chi connectivity index (χ3n) is 5.34. The van der Waals surface area contributed by atoms with Gasteiger partial charge in [-0.05, 0) is 43.2 Å². The Morgan fingerprint density at radius 1 is 1.33 bits per heavy atom. The van der Waals surface area contributed by atoms with Gasteiger partial charge in [0.2, 0.25) is 0 Å². The van der Waals surface area contributed by atoms with Crippen LogP contribution in [-0.2, 0) is 11.3 Å². The monoisotopic (exact) mass is 394 g/mol. The van der Waals surface area contributed by atoms with Crippen molar-refractivity contribution in [1.82, 2.24) is 15.5 Å². The summed E-state index contributed by atoms with van der Waals surface area (Å²) in [6.07, 6.45) is 1.20. The fraction of sp³-hybridized carbons (Fsp3) is 0.650. The molecule has 0 amide bonds. The summed E-state index contributed by atoms with van der Waals surface area (Å²) in [6, 6.07) is 5.19. The van der Waals surface area contributed by atoms with E-state index in [9.17, 15) is 4.39 Å². The Balaban J connectivity index is 1.64. The van der Waals surface area contributed by atoms with Gasteiger partial charge in [0.25, 0.3) is 0 Å². The predicted octanol–water partition coefficient (Wildman–Crippen LogP) is 2.40. The zero-order valence-electron chi connectivity index (χ0n) is 16.4. The first-order chi connectivity index (χ1) is 13.1. The number of halogens is 1. The Labute approximate surface area is 166 Å². The van der Waals surface area contributed by atoms with Crippen LogP contribution in [0.4, 0.5) is 4.39 Å². The van der Waals surface area contributed by atoms with Crippen LogP contribution in [0.15, 0.2) is 23.2 Å². The molecule has 1 atom stereocenters. The lowest BCUT2D eigenvalue weighted by Crippen LogP contribution is -2.60. The van der Waals surface area contributed by atoms with Gasteiger partial charge in [-0.15, -0.1) is 0 Å². The van der Waals surface area contributed by atoms with Gasteiger partial charge < -0.3 is 15.4 Å². The maximum Gasteiger partial charge on any atom is 0.191 e. The summed E-state index contributed by atoms with van der Waals surface area (Å²) in [4.78, 5) is 7.31. The van der Waals surface area contributed by atoms with Crippen LogP contribution in [-0.4, -0.2) is 67.3 Å². The molecule has 0 saturated carbocycles. The summed E-state index contributed by atoms with van der Waals surface area (Å²) in [5.41, 5.74) is 1.86. The molecule has 2 heterocycles. The minimum absolute atomic E-state index is 0.168. The third kappa shape index (κ3) is 5.36. The Kier molecular flexibility index (Phi) is 7.38. The van der Waals surface area contributed by atoms with Gasteiger partial charge in [-0.1, -0.05) is 12.1 Å². The topological polar surface area (TPSA) is 48.9 Å². The molecule has 1 aromatic carbocycles. The number of ether oxygens (including phenoxy) is 1. The molecular formula is C20H31FN4OS. The van der Waals surface area contributed by atoms with E-state index < -0.39 is 0 Å². The van der Waals surface area contributed by atoms with Gasteiger partial charge >= 0.3 is 0 Å². The van der Waals surface area contributed by atoms with Crippen LogP contribution in [0.25, 0.3) is 0 Å². The summed E-state index contributed by atoms with van der Waals surface area (Å²) < 4.78 is 19.0. The number of guanidine groups is 1. The van der Waals surface area contributed by atoms with Crippen molar-refractivity contribution < 1.29 is 9.13 Å². The first-order valence-corrected chi connectivity index (χ1v) is 11.0. The maximum atomic E-state index is 13.5. The Morgan fingerprint density at radius 3 is 2.81 bits per heavy atom. The number of aryl methyl sites for hydroxylation is 1. The zero-order valence-corrected chi connectivity index (χ0v) is 17.2. The average Bonchev–Trinajstić information content (AvgIpc) is 3.17. The van der Waals surface area contributed by atoms with Crippen LogP contribution >= 0.6 is 11.8 Å². The highest BCUT2D eigenvalue weighted by Gasteiger charge is 2.40. The molecule has 1 aromatic rings. The van der Waals surface area contributed by atoms with Gasteiger partial charge in [0, 0.05) is 37.5 Å². The highest BCUT2D eigenvalue weighted by atomic mass is 32.2. The number of hydrogen-bond acceptors (Lipinski definition) is 4. The smallest absolute Gasteiger partial charge is 0.191 e. The molecule has 2 aliphatic heterocycles. The molecule has 0 spiro atoms. The minimum Gasteiger partial charge on any atom is -0.379 e. The van der Waals surface area contributed by atoms with Gasteiger partial charge in [-0.25, -0.2) is 9.38 Å². The number of morpholine rings is 1. The van der Waals surface area contributed by atoms with Crippen LogP contribution in [0.1, 0.15) is 24.5 Å². The summed E-state index contributed by atoms with van der Waals surface area (Å²) in [6.45, 7) is 9.75. The molecule has 27 heavy (non-hydrogen) atoms. The lowest BCUT2D eigenvalue weighted by molar-refractivity contribution is -0.0120. The minimum atomic E-state index is -0.168. The predicted molar refractivity (Wildman–Crippen MR) is 111 cm³/mol. The summed E-state index contributed by atoms with van der Waals surface area (Å²) in [5, 5.41) is 6.90. The SMILES string of the molecule is CCNC(=NCc1ccc(F)c(C)c1)NCC1(N2CCOCC2)CCSC1. The molecule has 0 aromatic heterocycles. The average molecular weight is 395 g/mol. The van der Waals surface area contributed by atoms with Crippen molar-refractivity contribution in [3.63, 3.8) is 0 Å². The molecule has 2 N–H and O–H groups in total. The number of nitrogens with one attached hydrogen (secondary N) is 2. The van der Waals surface area contributed by atoms with Crippen LogP contribution in [0, 0.1) is 12.7 Å². The molecule has 7 heteroatoms. The lowest BCUT2D eigenvalue weighted by atomic mass is 9.95. The fourth-order valence-electron chi connectivity index (χ4n) is 3.70. The van der Waals surface area contributed by atoms with Crippen LogP contribution < -0.4 is 10.6 Å². The van der Waals surface area contributed by atoms with E-state index in [1.165, 1.54) is 18.2 Å². The number of benzene rings is 1. The normalized spacial score (nSPS) is 24.2. The van der Waals surface area contributed by atoms with Crippen molar-refractivity contribution in [2.75, 3.05) is 50.9 Å². The number of nitrogens with zero attached hydrogens (tertiary/aromatic N) is 2. The molecule has 0 aliphatic carbocycles. The van der Waals surface area contributed by atoms with Crippen molar-refractivity contribution in [3.05, 3.63) is 35.1 Å². The Morgan fingerprint density at radius 2 is 2.15 bits per heavy atom. The number of aliphatic imine (C=N–C) groups is 1. The van der Waals surface area contributed by atoms with E-state index >= 15 is 0 Å². The van der Waals surface area contributed by atoms with E-state index in [0.717, 1.165) is 56.7 Å². The Hall–Kier alpha value is -1.31. The van der Waals surface area contributed by atoms with E-state index in [0.29, 0.717) is 12.1 Å². The largest absolute Gasteiger partial charge is 0.379 e. The molecule has 0 bridgehead atoms. The van der Waals surface area contributed by atoms with E-state index in [4.69, 9.17) is 9.73 Å². The number of rotatable bonds is 6. The van der Waals surface area contributed by atoms with E-state index in [1.54, 1.807) is 13.0 Å². The molecule has 2 aliphatic rings. The van der Waals surface area contributed by atoms with Gasteiger partial charge in [-0.3, -0.25) is 4.90 Å². The van der Waals surface area contributed by atoms with Gasteiger partial charge in [0.05, 0.1) is 19.8 Å². The van der Waals surface area contributed by atoms with E-state index in [-0.39, 0.29) is 11.4 Å². The number of thioether (sulfide) groups is 1. The molecular weight excluding hydrogens is 363 g/mol.